The van der Waals surface area contributed by atoms with E-state index >= 15 is 0 Å². The molecule has 3 nitrogen and oxygen atoms in total. The van der Waals surface area contributed by atoms with Crippen LogP contribution in [-0.4, -0.2) is 10.5 Å². The van der Waals surface area contributed by atoms with E-state index in [1.165, 1.54) is 24.7 Å². The van der Waals surface area contributed by atoms with E-state index in [4.69, 9.17) is 4.52 Å². The van der Waals surface area contributed by atoms with Crippen molar-refractivity contribution >= 4 is 13.7 Å². The number of benzene rings is 1. The fourth-order valence-corrected chi connectivity index (χ4v) is 6.85. The molecule has 1 fully saturated rings. The summed E-state index contributed by atoms with van der Waals surface area (Å²) in [5.74, 6) is 0. The molecule has 1 aromatic rings. The number of hydrogen-bond acceptors (Lipinski definition) is 2. The minimum absolute atomic E-state index is 0. The zero-order valence-electron chi connectivity index (χ0n) is 12.1. The minimum atomic E-state index is -3.79. The van der Waals surface area contributed by atoms with Crippen molar-refractivity contribution < 1.29 is 63.5 Å². The Morgan fingerprint density at radius 3 is 2.65 bits per heavy atom. The van der Waals surface area contributed by atoms with Crippen LogP contribution in [0, 0.1) is 0 Å². The van der Waals surface area contributed by atoms with Crippen LogP contribution in [0.4, 0.5) is 0 Å². The van der Waals surface area contributed by atoms with E-state index in [-0.39, 0.29) is 28.4 Å². The molecule has 3 atom stereocenters. The number of halogens is 2. The first-order chi connectivity index (χ1) is 10.0. The van der Waals surface area contributed by atoms with Crippen LogP contribution in [0.1, 0.15) is 27.6 Å². The summed E-state index contributed by atoms with van der Waals surface area (Å²) in [5, 5.41) is 0.544. The van der Waals surface area contributed by atoms with Crippen LogP contribution < -0.4 is 24.8 Å². The first kappa shape index (κ1) is 19.4. The molecule has 1 N–H and O–H groups in total. The quantitative estimate of drug-likeness (QED) is 0.539. The van der Waals surface area contributed by atoms with E-state index in [1.807, 2.05) is 48.6 Å². The van der Waals surface area contributed by atoms with E-state index in [0.717, 1.165) is 29.5 Å². The Morgan fingerprint density at radius 1 is 1.30 bits per heavy atom. The molecule has 119 valence electrons. The van der Waals surface area contributed by atoms with Crippen LogP contribution in [0.3, 0.4) is 0 Å². The molecule has 0 bridgehead atoms. The van der Waals surface area contributed by atoms with E-state index < -0.39 is 13.2 Å². The molecule has 0 amide bonds. The van der Waals surface area contributed by atoms with Gasteiger partial charge in [0.1, 0.15) is 0 Å². The second kappa shape index (κ2) is 6.75. The third-order valence-electron chi connectivity index (χ3n) is 4.49. The van der Waals surface area contributed by atoms with Gasteiger partial charge in [0.2, 0.25) is 0 Å². The van der Waals surface area contributed by atoms with Crippen molar-refractivity contribution in [2.75, 3.05) is 0 Å². The fourth-order valence-electron chi connectivity index (χ4n) is 3.21. The molecule has 1 saturated carbocycles. The van der Waals surface area contributed by atoms with Gasteiger partial charge in [0, 0.05) is 0 Å². The van der Waals surface area contributed by atoms with Crippen LogP contribution >= 0.6 is 7.60 Å². The predicted molar refractivity (Wildman–Crippen MR) is 77.3 cm³/mol. The molecule has 0 spiro atoms. The standard InChI is InChI=1S/C16H14O3P.2ClH.Zr/c17-20(18,19-16-8-3-6-14(16)7-9-16)15-10-12-4-1-2-5-13(12)11-15;;;/h1-6,8,10-11H,7,9H2,(H,17,18);2*1H;/q;;;+2/p-2. The third-order valence-corrected chi connectivity index (χ3v) is 8.23. The fraction of sp³-hybridized carbons (Fsp3) is 0.250. The molecule has 0 radical (unpaired) electrons. The Kier molecular flexibility index (Phi) is 5.69. The Bertz CT molecular complexity index is 774. The second-order valence-electron chi connectivity index (χ2n) is 5.68. The van der Waals surface area contributed by atoms with Gasteiger partial charge in [-0.2, -0.15) is 0 Å². The van der Waals surface area contributed by atoms with Crippen LogP contribution in [0.2, 0.25) is 0 Å². The maximum Gasteiger partial charge on any atom is -1.00 e. The van der Waals surface area contributed by atoms with Gasteiger partial charge < -0.3 is 24.8 Å². The predicted octanol–water partition coefficient (Wildman–Crippen LogP) is -2.13. The van der Waals surface area contributed by atoms with E-state index in [2.05, 4.69) is 0 Å². The molecule has 1 aromatic carbocycles. The molecule has 0 saturated heterocycles. The SMILES string of the molecule is O=P(O)(OC12C=CC=C1CC2)C1=Cc2ccccc2[CH]1[Zr+2].[Cl-].[Cl-]. The van der Waals surface area contributed by atoms with Crippen molar-refractivity contribution in [1.29, 1.82) is 0 Å². The Hall–Kier alpha value is 0.0531. The summed E-state index contributed by atoms with van der Waals surface area (Å²) in [6, 6.07) is 7.94. The van der Waals surface area contributed by atoms with Gasteiger partial charge in [-0.1, -0.05) is 0 Å². The van der Waals surface area contributed by atoms with Crippen LogP contribution in [-0.2, 0) is 33.8 Å². The molecule has 0 aliphatic heterocycles. The van der Waals surface area contributed by atoms with Crippen molar-refractivity contribution in [3.05, 3.63) is 64.5 Å². The Balaban J connectivity index is 0.000000960. The minimum Gasteiger partial charge on any atom is -1.00 e. The van der Waals surface area contributed by atoms with Crippen LogP contribution in [0.25, 0.3) is 6.08 Å². The van der Waals surface area contributed by atoms with Gasteiger partial charge in [-0.05, 0) is 0 Å². The smallest absolute Gasteiger partial charge is 1.00 e. The zero-order chi connectivity index (χ0) is 14.7. The zero-order valence-corrected chi connectivity index (χ0v) is 16.9. The molecule has 4 rings (SSSR count). The summed E-state index contributed by atoms with van der Waals surface area (Å²) >= 11 is 1.21. The van der Waals surface area contributed by atoms with Crippen LogP contribution in [0.5, 0.6) is 0 Å². The van der Waals surface area contributed by atoms with E-state index in [1.54, 1.807) is 0 Å². The molecule has 3 aliphatic rings. The first-order valence-corrected chi connectivity index (χ1v) is 9.96. The monoisotopic (exact) mass is 445 g/mol. The Morgan fingerprint density at radius 2 is 2.04 bits per heavy atom. The molecule has 0 aromatic heterocycles. The summed E-state index contributed by atoms with van der Waals surface area (Å²) in [5.41, 5.74) is 2.67. The molecule has 23 heavy (non-hydrogen) atoms. The van der Waals surface area contributed by atoms with E-state index in [9.17, 15) is 9.46 Å². The van der Waals surface area contributed by atoms with Crippen molar-refractivity contribution in [3.8, 4) is 0 Å². The molecule has 3 unspecified atom stereocenters. The number of fused-ring (bicyclic) bond motifs is 2. The Labute approximate surface area is 163 Å². The van der Waals surface area contributed by atoms with Crippen molar-refractivity contribution in [1.82, 2.24) is 0 Å². The molecular weight excluding hydrogens is 433 g/mol. The summed E-state index contributed by atoms with van der Waals surface area (Å²) < 4.78 is 18.6. The average Bonchev–Trinajstić information content (AvgIpc) is 2.92. The largest absolute Gasteiger partial charge is 1.00 e. The normalized spacial score (nSPS) is 29.1. The molecule has 3 aliphatic carbocycles. The first-order valence-electron chi connectivity index (χ1n) is 6.96. The van der Waals surface area contributed by atoms with Gasteiger partial charge >= 0.3 is 139 Å². The summed E-state index contributed by atoms with van der Waals surface area (Å²) in [6.45, 7) is 0. The topological polar surface area (TPSA) is 46.5 Å². The maximum atomic E-state index is 12.9. The molecule has 0 heterocycles. The van der Waals surface area contributed by atoms with Gasteiger partial charge in [-0.15, -0.1) is 0 Å². The second-order valence-corrected chi connectivity index (χ2v) is 8.84. The van der Waals surface area contributed by atoms with Gasteiger partial charge in [0.05, 0.1) is 0 Å². The van der Waals surface area contributed by atoms with E-state index in [0.29, 0.717) is 5.31 Å². The van der Waals surface area contributed by atoms with Crippen LogP contribution in [0.15, 0.2) is 53.4 Å². The maximum absolute atomic E-state index is 12.9. The molecular formula is C16H14Cl2O3PZr. The number of hydrogen-bond donors (Lipinski definition) is 1. The van der Waals surface area contributed by atoms with Crippen molar-refractivity contribution in [2.24, 2.45) is 0 Å². The van der Waals surface area contributed by atoms with Crippen molar-refractivity contribution in [2.45, 2.75) is 22.1 Å². The van der Waals surface area contributed by atoms with Gasteiger partial charge in [-0.3, -0.25) is 0 Å². The number of allylic oxidation sites excluding steroid dienone is 3. The summed E-state index contributed by atoms with van der Waals surface area (Å²) in [4.78, 5) is 10.6. The van der Waals surface area contributed by atoms with Gasteiger partial charge in [0.25, 0.3) is 0 Å². The molecule has 7 heteroatoms. The average molecular weight is 447 g/mol. The van der Waals surface area contributed by atoms with Gasteiger partial charge in [-0.25, -0.2) is 0 Å². The third kappa shape index (κ3) is 3.04. The van der Waals surface area contributed by atoms with Gasteiger partial charge in [0.15, 0.2) is 0 Å². The van der Waals surface area contributed by atoms with Crippen molar-refractivity contribution in [3.63, 3.8) is 0 Å². The summed E-state index contributed by atoms with van der Waals surface area (Å²) in [7, 11) is -3.79. The number of rotatable bonds is 3. The summed E-state index contributed by atoms with van der Waals surface area (Å²) in [6.07, 6.45) is 9.42.